The maximum Gasteiger partial charge on any atom is 0.290 e. The first-order chi connectivity index (χ1) is 7.68. The molecule has 2 rings (SSSR count). The van der Waals surface area contributed by atoms with Crippen LogP contribution < -0.4 is 11.1 Å². The fraction of sp³-hybridized carbons (Fsp3) is 0.222. The largest absolute Gasteiger partial charge is 0.384 e. The van der Waals surface area contributed by atoms with Crippen LogP contribution in [0.5, 0.6) is 0 Å². The van der Waals surface area contributed by atoms with Crippen LogP contribution in [0.3, 0.4) is 0 Å². The van der Waals surface area contributed by atoms with Crippen LogP contribution in [0.15, 0.2) is 23.0 Å². The Hall–Kier alpha value is -2.31. The minimum absolute atomic E-state index is 0.169. The van der Waals surface area contributed by atoms with Crippen molar-refractivity contribution in [3.8, 4) is 0 Å². The van der Waals surface area contributed by atoms with Crippen LogP contribution in [-0.2, 0) is 13.6 Å². The number of carbonyl (C=O) groups is 1. The highest BCUT2D eigenvalue weighted by Gasteiger charge is 2.11. The number of hydrogen-bond acceptors (Lipinski definition) is 5. The first kappa shape index (κ1) is 10.2. The van der Waals surface area contributed by atoms with Gasteiger partial charge in [-0.15, -0.1) is 0 Å². The van der Waals surface area contributed by atoms with Crippen molar-refractivity contribution in [1.29, 1.82) is 0 Å². The lowest BCUT2D eigenvalue weighted by molar-refractivity contribution is 0.0914. The van der Waals surface area contributed by atoms with E-state index in [1.54, 1.807) is 13.2 Å². The van der Waals surface area contributed by atoms with Crippen molar-refractivity contribution in [3.05, 3.63) is 29.8 Å². The Morgan fingerprint density at radius 1 is 1.69 bits per heavy atom. The third-order valence-corrected chi connectivity index (χ3v) is 2.17. The minimum Gasteiger partial charge on any atom is -0.384 e. The van der Waals surface area contributed by atoms with Crippen LogP contribution in [0, 0.1) is 0 Å². The number of carbonyl (C=O) groups excluding carboxylic acids is 1. The Kier molecular flexibility index (Phi) is 2.59. The first-order valence-electron chi connectivity index (χ1n) is 4.63. The molecule has 0 saturated heterocycles. The normalized spacial score (nSPS) is 10.3. The van der Waals surface area contributed by atoms with Gasteiger partial charge in [-0.25, -0.2) is 0 Å². The molecule has 2 aromatic heterocycles. The molecule has 7 nitrogen and oxygen atoms in total. The molecular weight excluding hydrogens is 210 g/mol. The van der Waals surface area contributed by atoms with Gasteiger partial charge < -0.3 is 15.6 Å². The molecule has 0 aromatic carbocycles. The fourth-order valence-electron chi connectivity index (χ4n) is 1.22. The van der Waals surface area contributed by atoms with E-state index in [2.05, 4.69) is 15.6 Å². The summed E-state index contributed by atoms with van der Waals surface area (Å²) in [5.74, 6) is 0.362. The van der Waals surface area contributed by atoms with Crippen LogP contribution >= 0.6 is 0 Å². The fourth-order valence-corrected chi connectivity index (χ4v) is 1.22. The smallest absolute Gasteiger partial charge is 0.290 e. The molecule has 0 aliphatic rings. The summed E-state index contributed by atoms with van der Waals surface area (Å²) in [7, 11) is 1.73. The molecule has 16 heavy (non-hydrogen) atoms. The highest BCUT2D eigenvalue weighted by molar-refractivity contribution is 5.91. The van der Waals surface area contributed by atoms with Crippen molar-refractivity contribution in [2.24, 2.45) is 7.05 Å². The highest BCUT2D eigenvalue weighted by Crippen LogP contribution is 2.08. The van der Waals surface area contributed by atoms with E-state index in [0.717, 1.165) is 5.56 Å². The second kappa shape index (κ2) is 4.05. The summed E-state index contributed by atoms with van der Waals surface area (Å²) in [6, 6.07) is 1.49. The van der Waals surface area contributed by atoms with E-state index in [4.69, 9.17) is 10.3 Å². The van der Waals surface area contributed by atoms with Crippen LogP contribution in [0.1, 0.15) is 16.1 Å². The molecule has 7 heteroatoms. The third kappa shape index (κ3) is 1.88. The van der Waals surface area contributed by atoms with Gasteiger partial charge in [-0.2, -0.15) is 5.10 Å². The molecule has 3 N–H and O–H groups in total. The Labute approximate surface area is 91.2 Å². The van der Waals surface area contributed by atoms with Crippen molar-refractivity contribution in [1.82, 2.24) is 20.3 Å². The summed E-state index contributed by atoms with van der Waals surface area (Å²) in [6.45, 7) is 0.305. The predicted octanol–water partition coefficient (Wildman–Crippen LogP) is -0.0797. The van der Waals surface area contributed by atoms with E-state index in [0.29, 0.717) is 12.4 Å². The molecule has 0 spiro atoms. The maximum absolute atomic E-state index is 11.5. The van der Waals surface area contributed by atoms with E-state index in [9.17, 15) is 4.79 Å². The summed E-state index contributed by atoms with van der Waals surface area (Å²) in [5, 5.41) is 10.1. The molecule has 0 aliphatic carbocycles. The number of hydrogen-bond donors (Lipinski definition) is 2. The second-order valence-electron chi connectivity index (χ2n) is 3.24. The number of anilines is 1. The predicted molar refractivity (Wildman–Crippen MR) is 55.3 cm³/mol. The van der Waals surface area contributed by atoms with E-state index in [1.807, 2.05) is 0 Å². The average molecular weight is 221 g/mol. The number of rotatable bonds is 3. The Morgan fingerprint density at radius 3 is 3.06 bits per heavy atom. The topological polar surface area (TPSA) is 99.0 Å². The average Bonchev–Trinajstić information content (AvgIpc) is 2.89. The van der Waals surface area contributed by atoms with Crippen molar-refractivity contribution in [3.63, 3.8) is 0 Å². The standard InChI is InChI=1S/C9H11N5O2/c1-14-8(10)6(5-12-14)4-11-9(15)7-2-3-13-16-7/h2-3,5H,4,10H2,1H3,(H,11,15). The number of aromatic nitrogens is 3. The number of nitrogens with one attached hydrogen (secondary N) is 1. The van der Waals surface area contributed by atoms with Crippen molar-refractivity contribution < 1.29 is 9.32 Å². The number of aryl methyl sites for hydroxylation is 1. The molecule has 0 aliphatic heterocycles. The van der Waals surface area contributed by atoms with Crippen LogP contribution in [-0.4, -0.2) is 20.8 Å². The molecular formula is C9H11N5O2. The van der Waals surface area contributed by atoms with Gasteiger partial charge in [-0.05, 0) is 0 Å². The molecule has 0 unspecified atom stereocenters. The third-order valence-electron chi connectivity index (χ3n) is 2.17. The second-order valence-corrected chi connectivity index (χ2v) is 3.24. The van der Waals surface area contributed by atoms with Gasteiger partial charge >= 0.3 is 0 Å². The van der Waals surface area contributed by atoms with Gasteiger partial charge in [0, 0.05) is 25.2 Å². The Morgan fingerprint density at radius 2 is 2.50 bits per heavy atom. The Bertz CT molecular complexity index is 488. The monoisotopic (exact) mass is 221 g/mol. The Balaban J connectivity index is 1.98. The molecule has 2 heterocycles. The molecule has 84 valence electrons. The number of amides is 1. The van der Waals surface area contributed by atoms with Crippen LogP contribution in [0.25, 0.3) is 0 Å². The van der Waals surface area contributed by atoms with Gasteiger partial charge in [0.1, 0.15) is 5.82 Å². The van der Waals surface area contributed by atoms with Gasteiger partial charge in [0.05, 0.1) is 12.4 Å². The van der Waals surface area contributed by atoms with Gasteiger partial charge in [0.25, 0.3) is 5.91 Å². The summed E-state index contributed by atoms with van der Waals surface area (Å²) in [6.07, 6.45) is 3.02. The molecule has 0 radical (unpaired) electrons. The van der Waals surface area contributed by atoms with Crippen molar-refractivity contribution in [2.45, 2.75) is 6.54 Å². The highest BCUT2D eigenvalue weighted by atomic mass is 16.5. The number of nitrogens with two attached hydrogens (primary N) is 1. The molecule has 0 atom stereocenters. The maximum atomic E-state index is 11.5. The lowest BCUT2D eigenvalue weighted by Crippen LogP contribution is -2.22. The first-order valence-corrected chi connectivity index (χ1v) is 4.63. The van der Waals surface area contributed by atoms with E-state index in [-0.39, 0.29) is 11.7 Å². The number of nitrogens with zero attached hydrogens (tertiary/aromatic N) is 3. The molecule has 0 fully saturated rings. The lowest BCUT2D eigenvalue weighted by Gasteiger charge is -2.01. The summed E-state index contributed by atoms with van der Waals surface area (Å²) in [4.78, 5) is 11.5. The summed E-state index contributed by atoms with van der Waals surface area (Å²) < 4.78 is 6.24. The summed E-state index contributed by atoms with van der Waals surface area (Å²) in [5.41, 5.74) is 6.48. The van der Waals surface area contributed by atoms with Gasteiger partial charge in [-0.1, -0.05) is 5.16 Å². The number of nitrogen functional groups attached to an aromatic ring is 1. The zero-order valence-corrected chi connectivity index (χ0v) is 8.67. The van der Waals surface area contributed by atoms with E-state index in [1.165, 1.54) is 16.9 Å². The van der Waals surface area contributed by atoms with Crippen molar-refractivity contribution in [2.75, 3.05) is 5.73 Å². The van der Waals surface area contributed by atoms with Crippen molar-refractivity contribution >= 4 is 11.7 Å². The quantitative estimate of drug-likeness (QED) is 0.755. The zero-order chi connectivity index (χ0) is 11.5. The van der Waals surface area contributed by atoms with Gasteiger partial charge in [0.15, 0.2) is 0 Å². The molecule has 1 amide bonds. The van der Waals surface area contributed by atoms with Gasteiger partial charge in [0.2, 0.25) is 5.76 Å². The van der Waals surface area contributed by atoms with Crippen LogP contribution in [0.2, 0.25) is 0 Å². The summed E-state index contributed by atoms with van der Waals surface area (Å²) >= 11 is 0. The molecule has 0 bridgehead atoms. The van der Waals surface area contributed by atoms with E-state index >= 15 is 0 Å². The van der Waals surface area contributed by atoms with Crippen LogP contribution in [0.4, 0.5) is 5.82 Å². The zero-order valence-electron chi connectivity index (χ0n) is 8.67. The lowest BCUT2D eigenvalue weighted by atomic mass is 10.3. The molecule has 0 saturated carbocycles. The SMILES string of the molecule is Cn1ncc(CNC(=O)c2ccno2)c1N. The van der Waals surface area contributed by atoms with Gasteiger partial charge in [-0.3, -0.25) is 9.48 Å². The molecule has 2 aromatic rings. The van der Waals surface area contributed by atoms with E-state index < -0.39 is 0 Å². The minimum atomic E-state index is -0.333.